The molecule has 7 nitrogen and oxygen atoms in total. The van der Waals surface area contributed by atoms with Gasteiger partial charge in [-0.25, -0.2) is 13.6 Å². The van der Waals surface area contributed by atoms with Gasteiger partial charge in [0.05, 0.1) is 12.0 Å². The molecular formula is C18H17N3O4S. The lowest BCUT2D eigenvalue weighted by Crippen LogP contribution is -2.11. The van der Waals surface area contributed by atoms with Crippen LogP contribution in [0.15, 0.2) is 57.9 Å². The topological polar surface area (TPSA) is 108 Å². The zero-order valence-corrected chi connectivity index (χ0v) is 15.0. The average molecular weight is 371 g/mol. The quantitative estimate of drug-likeness (QED) is 0.739. The largest absolute Gasteiger partial charge is 0.496 e. The molecule has 0 aliphatic heterocycles. The van der Waals surface area contributed by atoms with E-state index in [2.05, 4.69) is 10.1 Å². The molecule has 3 aromatic rings. The second-order valence-corrected chi connectivity index (χ2v) is 7.11. The number of nitrogens with two attached hydrogens (primary N) is 1. The fraction of sp³-hybridized carbons (Fsp3) is 0.111. The van der Waals surface area contributed by atoms with Crippen LogP contribution in [0.4, 0.5) is 0 Å². The number of allylic oxidation sites excluding steroid dienone is 1. The van der Waals surface area contributed by atoms with E-state index in [1.807, 2.05) is 31.2 Å². The van der Waals surface area contributed by atoms with Crippen molar-refractivity contribution in [3.05, 3.63) is 60.0 Å². The maximum atomic E-state index is 11.3. The smallest absolute Gasteiger partial charge is 0.251 e. The summed E-state index contributed by atoms with van der Waals surface area (Å²) in [5.41, 5.74) is 2.45. The van der Waals surface area contributed by atoms with E-state index in [-0.39, 0.29) is 4.90 Å². The van der Waals surface area contributed by atoms with Crippen LogP contribution >= 0.6 is 0 Å². The molecule has 8 heteroatoms. The molecule has 0 aliphatic carbocycles. The summed E-state index contributed by atoms with van der Waals surface area (Å²) in [5.74, 6) is 1.43. The van der Waals surface area contributed by atoms with Crippen molar-refractivity contribution in [3.8, 4) is 17.1 Å². The van der Waals surface area contributed by atoms with Gasteiger partial charge in [-0.05, 0) is 42.8 Å². The van der Waals surface area contributed by atoms with Gasteiger partial charge in [0.15, 0.2) is 0 Å². The van der Waals surface area contributed by atoms with Crippen molar-refractivity contribution in [3.63, 3.8) is 0 Å². The number of nitrogens with zero attached hydrogens (tertiary/aromatic N) is 2. The third kappa shape index (κ3) is 3.81. The van der Waals surface area contributed by atoms with E-state index < -0.39 is 10.0 Å². The van der Waals surface area contributed by atoms with Crippen molar-refractivity contribution in [1.82, 2.24) is 10.1 Å². The number of benzene rings is 2. The Bertz CT molecular complexity index is 1050. The highest BCUT2D eigenvalue weighted by molar-refractivity contribution is 7.89. The number of hydrogen-bond acceptors (Lipinski definition) is 6. The van der Waals surface area contributed by atoms with Gasteiger partial charge in [0.1, 0.15) is 5.75 Å². The van der Waals surface area contributed by atoms with Gasteiger partial charge in [-0.2, -0.15) is 4.98 Å². The summed E-state index contributed by atoms with van der Waals surface area (Å²) >= 11 is 0. The highest BCUT2D eigenvalue weighted by atomic mass is 32.2. The number of aromatic nitrogens is 2. The maximum absolute atomic E-state index is 11.3. The SMILES string of the molecule is COc1ccccc1/C(C)=C/c1nc(-c2ccc(S(N)(=O)=O)cc2)no1. The van der Waals surface area contributed by atoms with Crippen LogP contribution in [0.3, 0.4) is 0 Å². The summed E-state index contributed by atoms with van der Waals surface area (Å²) in [4.78, 5) is 4.34. The van der Waals surface area contributed by atoms with E-state index in [0.717, 1.165) is 16.9 Å². The maximum Gasteiger partial charge on any atom is 0.251 e. The monoisotopic (exact) mass is 371 g/mol. The van der Waals surface area contributed by atoms with Crippen LogP contribution in [0.25, 0.3) is 23.0 Å². The van der Waals surface area contributed by atoms with Gasteiger partial charge in [-0.1, -0.05) is 23.4 Å². The molecule has 2 N–H and O–H groups in total. The van der Waals surface area contributed by atoms with Crippen LogP contribution in [-0.2, 0) is 10.0 Å². The lowest BCUT2D eigenvalue weighted by Gasteiger charge is -2.07. The Labute approximate surface area is 151 Å². The van der Waals surface area contributed by atoms with E-state index in [4.69, 9.17) is 14.4 Å². The fourth-order valence-corrected chi connectivity index (χ4v) is 2.95. The Morgan fingerprint density at radius 1 is 1.15 bits per heavy atom. The molecule has 1 aromatic heterocycles. The van der Waals surface area contributed by atoms with Crippen molar-refractivity contribution in [1.29, 1.82) is 0 Å². The number of ether oxygens (including phenoxy) is 1. The highest BCUT2D eigenvalue weighted by Crippen LogP contribution is 2.27. The molecule has 3 rings (SSSR count). The molecule has 0 amide bonds. The molecule has 0 atom stereocenters. The van der Waals surface area contributed by atoms with Crippen LogP contribution in [0.5, 0.6) is 5.75 Å². The van der Waals surface area contributed by atoms with Gasteiger partial charge in [0.25, 0.3) is 5.89 Å². The molecule has 1 heterocycles. The predicted molar refractivity (Wildman–Crippen MR) is 97.6 cm³/mol. The molecule has 0 aliphatic rings. The van der Waals surface area contributed by atoms with E-state index in [0.29, 0.717) is 17.3 Å². The van der Waals surface area contributed by atoms with Crippen molar-refractivity contribution in [2.75, 3.05) is 7.11 Å². The number of methoxy groups -OCH3 is 1. The van der Waals surface area contributed by atoms with Gasteiger partial charge >= 0.3 is 0 Å². The molecular weight excluding hydrogens is 354 g/mol. The van der Waals surface area contributed by atoms with Crippen LogP contribution in [0.2, 0.25) is 0 Å². The number of sulfonamides is 1. The van der Waals surface area contributed by atoms with Gasteiger partial charge in [-0.15, -0.1) is 0 Å². The summed E-state index contributed by atoms with van der Waals surface area (Å²) in [7, 11) is -2.12. The zero-order chi connectivity index (χ0) is 18.7. The van der Waals surface area contributed by atoms with E-state index in [1.54, 1.807) is 25.3 Å². The van der Waals surface area contributed by atoms with Gasteiger partial charge in [-0.3, -0.25) is 0 Å². The normalized spacial score (nSPS) is 12.2. The molecule has 0 unspecified atom stereocenters. The van der Waals surface area contributed by atoms with Gasteiger partial charge in [0.2, 0.25) is 15.8 Å². The number of rotatable bonds is 5. The lowest BCUT2D eigenvalue weighted by molar-refractivity contribution is 0.410. The van der Waals surface area contributed by atoms with Crippen molar-refractivity contribution in [2.45, 2.75) is 11.8 Å². The third-order valence-electron chi connectivity index (χ3n) is 3.75. The van der Waals surface area contributed by atoms with Crippen LogP contribution in [0, 0.1) is 0 Å². The first-order chi connectivity index (χ1) is 12.4. The minimum Gasteiger partial charge on any atom is -0.496 e. The van der Waals surface area contributed by atoms with Crippen LogP contribution in [0.1, 0.15) is 18.4 Å². The van der Waals surface area contributed by atoms with Crippen molar-refractivity contribution in [2.24, 2.45) is 5.14 Å². The Kier molecular flexibility index (Phi) is 4.88. The molecule has 0 fully saturated rings. The molecule has 26 heavy (non-hydrogen) atoms. The lowest BCUT2D eigenvalue weighted by atomic mass is 10.1. The number of hydrogen-bond donors (Lipinski definition) is 1. The van der Waals surface area contributed by atoms with Gasteiger partial charge in [0, 0.05) is 17.2 Å². The highest BCUT2D eigenvalue weighted by Gasteiger charge is 2.12. The molecule has 0 radical (unpaired) electrons. The first-order valence-electron chi connectivity index (χ1n) is 7.67. The van der Waals surface area contributed by atoms with Crippen molar-refractivity contribution >= 4 is 21.7 Å². The summed E-state index contributed by atoms with van der Waals surface area (Å²) in [6.07, 6.45) is 1.76. The van der Waals surface area contributed by atoms with E-state index in [9.17, 15) is 8.42 Å². The standard InChI is InChI=1S/C18H17N3O4S/c1-12(15-5-3-4-6-16(15)24-2)11-17-20-18(21-25-17)13-7-9-14(10-8-13)26(19,22)23/h3-11H,1-2H3,(H2,19,22,23)/b12-11+. The summed E-state index contributed by atoms with van der Waals surface area (Å²) < 4.78 is 33.2. The summed E-state index contributed by atoms with van der Waals surface area (Å²) in [6.45, 7) is 1.92. The average Bonchev–Trinajstić information content (AvgIpc) is 3.09. The third-order valence-corrected chi connectivity index (χ3v) is 4.68. The Morgan fingerprint density at radius 3 is 2.50 bits per heavy atom. The first-order valence-corrected chi connectivity index (χ1v) is 9.22. The summed E-state index contributed by atoms with van der Waals surface area (Å²) in [6, 6.07) is 13.6. The molecule has 0 saturated heterocycles. The molecule has 2 aromatic carbocycles. The Balaban J connectivity index is 1.88. The number of para-hydroxylation sites is 1. The first kappa shape index (κ1) is 17.8. The minimum absolute atomic E-state index is 0.0249. The van der Waals surface area contributed by atoms with Crippen LogP contribution < -0.4 is 9.88 Å². The zero-order valence-electron chi connectivity index (χ0n) is 14.2. The predicted octanol–water partition coefficient (Wildman–Crippen LogP) is 2.95. The van der Waals surface area contributed by atoms with E-state index in [1.165, 1.54) is 12.1 Å². The molecule has 134 valence electrons. The Hall–Kier alpha value is -2.97. The molecule has 0 saturated carbocycles. The minimum atomic E-state index is -3.74. The molecule has 0 bridgehead atoms. The number of primary sulfonamides is 1. The molecule has 0 spiro atoms. The van der Waals surface area contributed by atoms with E-state index >= 15 is 0 Å². The second-order valence-electron chi connectivity index (χ2n) is 5.55. The van der Waals surface area contributed by atoms with Crippen molar-refractivity contribution < 1.29 is 17.7 Å². The fourth-order valence-electron chi connectivity index (χ4n) is 2.44. The van der Waals surface area contributed by atoms with Crippen LogP contribution in [-0.4, -0.2) is 25.7 Å². The van der Waals surface area contributed by atoms with Gasteiger partial charge < -0.3 is 9.26 Å². The summed E-state index contributed by atoms with van der Waals surface area (Å²) in [5, 5.41) is 9.01. The Morgan fingerprint density at radius 2 is 1.85 bits per heavy atom. The second kappa shape index (κ2) is 7.11.